The Labute approximate surface area is 94.1 Å². The number of likely N-dealkylation sites (N-methyl/N-ethyl adjacent to an activating group) is 1. The monoisotopic (exact) mass is 230 g/mol. The molecule has 0 aliphatic heterocycles. The number of aryl methyl sites for hydroxylation is 1. The molecule has 1 heterocycles. The van der Waals surface area contributed by atoms with Crippen molar-refractivity contribution in [3.63, 3.8) is 0 Å². The van der Waals surface area contributed by atoms with Gasteiger partial charge >= 0.3 is 0 Å². The number of amides is 1. The molecular formula is C10H15ClN2O2. The Morgan fingerprint density at radius 1 is 1.67 bits per heavy atom. The van der Waals surface area contributed by atoms with Gasteiger partial charge in [-0.15, -0.1) is 0 Å². The number of hydrogen-bond donors (Lipinski definition) is 1. The van der Waals surface area contributed by atoms with Crippen molar-refractivity contribution in [3.05, 3.63) is 23.0 Å². The molecule has 0 fully saturated rings. The molecule has 0 aromatic carbocycles. The molecule has 5 heteroatoms. The largest absolute Gasteiger partial charge is 0.395 e. The Morgan fingerprint density at radius 3 is 2.87 bits per heavy atom. The maximum Gasteiger partial charge on any atom is 0.270 e. The molecule has 0 spiro atoms. The highest BCUT2D eigenvalue weighted by atomic mass is 35.5. The number of carbonyl (C=O) groups is 1. The van der Waals surface area contributed by atoms with E-state index in [1.54, 1.807) is 23.9 Å². The lowest BCUT2D eigenvalue weighted by Gasteiger charge is -2.16. The number of rotatable bonds is 4. The molecule has 1 aromatic heterocycles. The molecular weight excluding hydrogens is 216 g/mol. The molecule has 1 N–H and O–H groups in total. The van der Waals surface area contributed by atoms with Crippen LogP contribution >= 0.6 is 11.6 Å². The Bertz CT molecular complexity index is 349. The lowest BCUT2D eigenvalue weighted by atomic mass is 10.3. The van der Waals surface area contributed by atoms with Crippen LogP contribution in [0.2, 0.25) is 5.02 Å². The normalized spacial score (nSPS) is 10.4. The fourth-order valence-corrected chi connectivity index (χ4v) is 1.58. The maximum absolute atomic E-state index is 11.9. The number of hydrogen-bond acceptors (Lipinski definition) is 2. The molecule has 1 amide bonds. The summed E-state index contributed by atoms with van der Waals surface area (Å²) in [5.74, 6) is -0.127. The van der Waals surface area contributed by atoms with E-state index in [4.69, 9.17) is 16.7 Å². The topological polar surface area (TPSA) is 45.5 Å². The van der Waals surface area contributed by atoms with Crippen LogP contribution in [0.25, 0.3) is 0 Å². The summed E-state index contributed by atoms with van der Waals surface area (Å²) < 4.78 is 1.79. The fraction of sp³-hybridized carbons (Fsp3) is 0.500. The second kappa shape index (κ2) is 5.19. The van der Waals surface area contributed by atoms with Gasteiger partial charge in [0.2, 0.25) is 0 Å². The zero-order valence-corrected chi connectivity index (χ0v) is 9.66. The zero-order chi connectivity index (χ0) is 11.4. The molecule has 0 unspecified atom stereocenters. The third kappa shape index (κ3) is 2.73. The first-order chi connectivity index (χ1) is 7.10. The number of aliphatic hydroxyl groups is 1. The van der Waals surface area contributed by atoms with Crippen LogP contribution in [0.15, 0.2) is 12.3 Å². The van der Waals surface area contributed by atoms with E-state index in [1.165, 1.54) is 4.90 Å². The molecule has 1 rings (SSSR count). The summed E-state index contributed by atoms with van der Waals surface area (Å²) in [6, 6.07) is 1.64. The highest BCUT2D eigenvalue weighted by Crippen LogP contribution is 2.15. The summed E-state index contributed by atoms with van der Waals surface area (Å²) in [7, 11) is 1.65. The summed E-state index contributed by atoms with van der Waals surface area (Å²) in [5.41, 5.74) is 0.554. The molecule has 0 radical (unpaired) electrons. The summed E-state index contributed by atoms with van der Waals surface area (Å²) in [4.78, 5) is 13.3. The highest BCUT2D eigenvalue weighted by molar-refractivity contribution is 6.31. The Morgan fingerprint density at radius 2 is 2.33 bits per heavy atom. The molecule has 1 aromatic rings. The van der Waals surface area contributed by atoms with Crippen molar-refractivity contribution < 1.29 is 9.90 Å². The van der Waals surface area contributed by atoms with Crippen LogP contribution < -0.4 is 0 Å². The maximum atomic E-state index is 11.9. The number of carbonyl (C=O) groups excluding carboxylic acids is 1. The van der Waals surface area contributed by atoms with Gasteiger partial charge < -0.3 is 14.6 Å². The third-order valence-electron chi connectivity index (χ3n) is 2.21. The third-order valence-corrected chi connectivity index (χ3v) is 2.41. The first-order valence-electron chi connectivity index (χ1n) is 4.82. The average Bonchev–Trinajstić information content (AvgIpc) is 2.58. The van der Waals surface area contributed by atoms with E-state index in [-0.39, 0.29) is 12.5 Å². The first kappa shape index (κ1) is 12.1. The Balaban J connectivity index is 2.89. The molecule has 4 nitrogen and oxygen atoms in total. The van der Waals surface area contributed by atoms with Gasteiger partial charge in [0, 0.05) is 26.3 Å². The van der Waals surface area contributed by atoms with Gasteiger partial charge in [0.25, 0.3) is 5.91 Å². The van der Waals surface area contributed by atoms with Crippen molar-refractivity contribution >= 4 is 17.5 Å². The number of halogens is 1. The van der Waals surface area contributed by atoms with E-state index < -0.39 is 0 Å². The molecule has 84 valence electrons. The highest BCUT2D eigenvalue weighted by Gasteiger charge is 2.15. The summed E-state index contributed by atoms with van der Waals surface area (Å²) in [6.45, 7) is 2.92. The van der Waals surface area contributed by atoms with E-state index in [1.807, 2.05) is 6.92 Å². The minimum atomic E-state index is -0.127. The molecule has 0 aliphatic rings. The van der Waals surface area contributed by atoms with Gasteiger partial charge in [-0.1, -0.05) is 11.6 Å². The second-order valence-electron chi connectivity index (χ2n) is 3.28. The van der Waals surface area contributed by atoms with Gasteiger partial charge in [0.05, 0.1) is 11.6 Å². The van der Waals surface area contributed by atoms with Crippen molar-refractivity contribution in [1.82, 2.24) is 9.47 Å². The summed E-state index contributed by atoms with van der Waals surface area (Å²) in [5, 5.41) is 9.29. The molecule has 0 atom stereocenters. The molecule has 0 saturated heterocycles. The van der Waals surface area contributed by atoms with Crippen LogP contribution in [0.5, 0.6) is 0 Å². The molecule has 0 aliphatic carbocycles. The number of aromatic nitrogens is 1. The van der Waals surface area contributed by atoms with Crippen molar-refractivity contribution in [3.8, 4) is 0 Å². The van der Waals surface area contributed by atoms with E-state index in [0.717, 1.165) is 0 Å². The predicted molar refractivity (Wildman–Crippen MR) is 59.2 cm³/mol. The fourth-order valence-electron chi connectivity index (χ4n) is 1.36. The minimum absolute atomic E-state index is 0.0389. The van der Waals surface area contributed by atoms with Gasteiger partial charge in [0.1, 0.15) is 5.69 Å². The molecule has 0 bridgehead atoms. The second-order valence-corrected chi connectivity index (χ2v) is 3.72. The smallest absolute Gasteiger partial charge is 0.270 e. The van der Waals surface area contributed by atoms with E-state index in [9.17, 15) is 4.79 Å². The van der Waals surface area contributed by atoms with E-state index in [2.05, 4.69) is 0 Å². The van der Waals surface area contributed by atoms with Crippen LogP contribution in [0.4, 0.5) is 0 Å². The quantitative estimate of drug-likeness (QED) is 0.846. The van der Waals surface area contributed by atoms with Crippen LogP contribution in [0, 0.1) is 0 Å². The van der Waals surface area contributed by atoms with Crippen LogP contribution in [0.3, 0.4) is 0 Å². The lowest BCUT2D eigenvalue weighted by Crippen LogP contribution is -2.31. The van der Waals surface area contributed by atoms with Gasteiger partial charge in [-0.05, 0) is 13.0 Å². The number of nitrogens with zero attached hydrogens (tertiary/aromatic N) is 2. The Hall–Kier alpha value is -1.00. The van der Waals surface area contributed by atoms with Crippen molar-refractivity contribution in [1.29, 1.82) is 0 Å². The SMILES string of the molecule is CCn1cc(Cl)cc1C(=O)N(C)CCO. The predicted octanol–water partition coefficient (Wildman–Crippen LogP) is 1.23. The van der Waals surface area contributed by atoms with Crippen LogP contribution in [-0.4, -0.2) is 40.7 Å². The van der Waals surface area contributed by atoms with Gasteiger partial charge in [-0.2, -0.15) is 0 Å². The van der Waals surface area contributed by atoms with Crippen molar-refractivity contribution in [2.75, 3.05) is 20.2 Å². The van der Waals surface area contributed by atoms with Gasteiger partial charge in [-0.25, -0.2) is 0 Å². The van der Waals surface area contributed by atoms with E-state index in [0.29, 0.717) is 23.8 Å². The van der Waals surface area contributed by atoms with Crippen LogP contribution in [-0.2, 0) is 6.54 Å². The zero-order valence-electron chi connectivity index (χ0n) is 8.90. The van der Waals surface area contributed by atoms with Crippen molar-refractivity contribution in [2.45, 2.75) is 13.5 Å². The summed E-state index contributed by atoms with van der Waals surface area (Å²) >= 11 is 5.83. The van der Waals surface area contributed by atoms with Crippen molar-refractivity contribution in [2.24, 2.45) is 0 Å². The minimum Gasteiger partial charge on any atom is -0.395 e. The molecule has 15 heavy (non-hydrogen) atoms. The standard InChI is InChI=1S/C10H15ClN2O2/c1-3-13-7-8(11)6-9(13)10(15)12(2)4-5-14/h6-7,14H,3-5H2,1-2H3. The van der Waals surface area contributed by atoms with Gasteiger partial charge in [-0.3, -0.25) is 4.79 Å². The molecule has 0 saturated carbocycles. The first-order valence-corrected chi connectivity index (χ1v) is 5.20. The number of aliphatic hydroxyl groups excluding tert-OH is 1. The lowest BCUT2D eigenvalue weighted by molar-refractivity contribution is 0.0756. The van der Waals surface area contributed by atoms with Gasteiger partial charge in [0.15, 0.2) is 0 Å². The van der Waals surface area contributed by atoms with E-state index >= 15 is 0 Å². The van der Waals surface area contributed by atoms with Crippen LogP contribution in [0.1, 0.15) is 17.4 Å². The summed E-state index contributed by atoms with van der Waals surface area (Å²) in [6.07, 6.45) is 1.72. The Kier molecular flexibility index (Phi) is 4.17. The average molecular weight is 231 g/mol.